The van der Waals surface area contributed by atoms with Crippen molar-refractivity contribution >= 4 is 17.5 Å². The van der Waals surface area contributed by atoms with Crippen molar-refractivity contribution in [3.8, 4) is 0 Å². The van der Waals surface area contributed by atoms with Crippen LogP contribution in [-0.4, -0.2) is 23.7 Å². The van der Waals surface area contributed by atoms with E-state index in [1.54, 1.807) is 24.3 Å². The number of Topliss-reactive ketones (excluding diaryl/α,β-unsaturated/α-hetero) is 1. The van der Waals surface area contributed by atoms with Crippen molar-refractivity contribution < 1.29 is 14.3 Å². The molecule has 0 N–H and O–H groups in total. The lowest BCUT2D eigenvalue weighted by Crippen LogP contribution is -2.21. The third kappa shape index (κ3) is 2.25. The standard InChI is InChI=1S/C13H13NO3/c1-8(2)10-13(16)17-12(14-10)11(15)9-6-4-3-5-7-9/h3-8,12H,1-2H3. The number of esters is 1. The average molecular weight is 231 g/mol. The smallest absolute Gasteiger partial charge is 0.355 e. The fourth-order valence-electron chi connectivity index (χ4n) is 1.61. The minimum atomic E-state index is -1.01. The first kappa shape index (κ1) is 11.5. The highest BCUT2D eigenvalue weighted by Gasteiger charge is 2.34. The normalized spacial score (nSPS) is 19.1. The van der Waals surface area contributed by atoms with Gasteiger partial charge in [0, 0.05) is 11.5 Å². The third-order valence-corrected chi connectivity index (χ3v) is 2.51. The Labute approximate surface area is 99.3 Å². The molecule has 0 aromatic heterocycles. The van der Waals surface area contributed by atoms with Gasteiger partial charge >= 0.3 is 5.97 Å². The number of benzene rings is 1. The first-order valence-corrected chi connectivity index (χ1v) is 5.47. The third-order valence-electron chi connectivity index (χ3n) is 2.51. The van der Waals surface area contributed by atoms with Gasteiger partial charge < -0.3 is 4.74 Å². The Morgan fingerprint density at radius 2 is 1.94 bits per heavy atom. The fourth-order valence-corrected chi connectivity index (χ4v) is 1.61. The summed E-state index contributed by atoms with van der Waals surface area (Å²) < 4.78 is 4.96. The van der Waals surface area contributed by atoms with E-state index in [2.05, 4.69) is 4.99 Å². The van der Waals surface area contributed by atoms with Gasteiger partial charge in [-0.05, 0) is 0 Å². The Morgan fingerprint density at radius 1 is 1.29 bits per heavy atom. The largest absolute Gasteiger partial charge is 0.427 e. The van der Waals surface area contributed by atoms with Crippen molar-refractivity contribution in [3.63, 3.8) is 0 Å². The number of aliphatic imine (C=N–C) groups is 1. The number of ketones is 1. The number of carbonyl (C=O) groups is 2. The van der Waals surface area contributed by atoms with Crippen LogP contribution in [0.3, 0.4) is 0 Å². The predicted molar refractivity (Wildman–Crippen MR) is 62.9 cm³/mol. The van der Waals surface area contributed by atoms with Gasteiger partial charge in [0.05, 0.1) is 0 Å². The van der Waals surface area contributed by atoms with Gasteiger partial charge in [0.15, 0.2) is 0 Å². The quantitative estimate of drug-likeness (QED) is 0.589. The van der Waals surface area contributed by atoms with E-state index in [0.717, 1.165) is 0 Å². The van der Waals surface area contributed by atoms with Gasteiger partial charge in [-0.15, -0.1) is 0 Å². The number of carbonyl (C=O) groups excluding carboxylic acids is 2. The van der Waals surface area contributed by atoms with Crippen LogP contribution in [0.25, 0.3) is 0 Å². The summed E-state index contributed by atoms with van der Waals surface area (Å²) in [4.78, 5) is 27.5. The molecule has 0 spiro atoms. The molecule has 0 aliphatic carbocycles. The Hall–Kier alpha value is -1.97. The van der Waals surface area contributed by atoms with E-state index in [1.807, 2.05) is 19.9 Å². The molecule has 0 saturated heterocycles. The SMILES string of the molecule is CC(C)C1=NC(C(=O)c2ccccc2)OC1=O. The van der Waals surface area contributed by atoms with Crippen molar-refractivity contribution in [1.82, 2.24) is 0 Å². The number of rotatable bonds is 3. The summed E-state index contributed by atoms with van der Waals surface area (Å²) in [6.45, 7) is 3.69. The lowest BCUT2D eigenvalue weighted by atomic mass is 10.1. The minimum absolute atomic E-state index is 0.0314. The Balaban J connectivity index is 2.21. The summed E-state index contributed by atoms with van der Waals surface area (Å²) in [5.74, 6) is -0.806. The van der Waals surface area contributed by atoms with Gasteiger partial charge in [0.1, 0.15) is 5.71 Å². The van der Waals surface area contributed by atoms with Crippen LogP contribution in [0.2, 0.25) is 0 Å². The van der Waals surface area contributed by atoms with E-state index >= 15 is 0 Å². The summed E-state index contributed by atoms with van der Waals surface area (Å²) in [7, 11) is 0. The van der Waals surface area contributed by atoms with E-state index in [9.17, 15) is 9.59 Å². The lowest BCUT2D eigenvalue weighted by Gasteiger charge is -2.05. The van der Waals surface area contributed by atoms with Gasteiger partial charge in [-0.3, -0.25) is 4.79 Å². The van der Waals surface area contributed by atoms with Crippen molar-refractivity contribution in [1.29, 1.82) is 0 Å². The minimum Gasteiger partial charge on any atom is -0.427 e. The molecular formula is C13H13NO3. The molecule has 4 heteroatoms. The topological polar surface area (TPSA) is 55.7 Å². The van der Waals surface area contributed by atoms with E-state index < -0.39 is 12.2 Å². The van der Waals surface area contributed by atoms with Crippen molar-refractivity contribution in [2.75, 3.05) is 0 Å². The molecule has 2 rings (SSSR count). The summed E-state index contributed by atoms with van der Waals surface area (Å²) in [5, 5.41) is 0. The molecule has 1 aromatic rings. The predicted octanol–water partition coefficient (Wildman–Crippen LogP) is 1.85. The molecule has 0 saturated carbocycles. The second-order valence-electron chi connectivity index (χ2n) is 4.16. The molecule has 1 aliphatic heterocycles. The van der Waals surface area contributed by atoms with Crippen LogP contribution < -0.4 is 0 Å². The van der Waals surface area contributed by atoms with Gasteiger partial charge in [0.25, 0.3) is 6.23 Å². The monoisotopic (exact) mass is 231 g/mol. The maximum absolute atomic E-state index is 12.0. The summed E-state index contributed by atoms with van der Waals surface area (Å²) in [6.07, 6.45) is -1.01. The van der Waals surface area contributed by atoms with Gasteiger partial charge in [-0.2, -0.15) is 0 Å². The molecule has 0 amide bonds. The molecule has 4 nitrogen and oxygen atoms in total. The zero-order chi connectivity index (χ0) is 12.4. The van der Waals surface area contributed by atoms with E-state index in [0.29, 0.717) is 11.3 Å². The van der Waals surface area contributed by atoms with Crippen molar-refractivity contribution in [2.24, 2.45) is 10.9 Å². The molecule has 1 aromatic carbocycles. The number of hydrogen-bond acceptors (Lipinski definition) is 4. The molecular weight excluding hydrogens is 218 g/mol. The highest BCUT2D eigenvalue weighted by atomic mass is 16.6. The first-order valence-electron chi connectivity index (χ1n) is 5.47. The number of cyclic esters (lactones) is 1. The second-order valence-corrected chi connectivity index (χ2v) is 4.16. The van der Waals surface area contributed by atoms with Crippen LogP contribution in [0, 0.1) is 5.92 Å². The molecule has 0 radical (unpaired) electrons. The molecule has 17 heavy (non-hydrogen) atoms. The van der Waals surface area contributed by atoms with Gasteiger partial charge in [0.2, 0.25) is 5.78 Å². The van der Waals surface area contributed by atoms with Gasteiger partial charge in [-0.25, -0.2) is 9.79 Å². The number of hydrogen-bond donors (Lipinski definition) is 0. The molecule has 1 unspecified atom stereocenters. The van der Waals surface area contributed by atoms with Crippen LogP contribution >= 0.6 is 0 Å². The molecule has 0 bridgehead atoms. The summed E-state index contributed by atoms with van der Waals surface area (Å²) >= 11 is 0. The molecule has 0 fully saturated rings. The van der Waals surface area contributed by atoms with E-state index in [1.165, 1.54) is 0 Å². The van der Waals surface area contributed by atoms with Gasteiger partial charge in [-0.1, -0.05) is 44.2 Å². The fraction of sp³-hybridized carbons (Fsp3) is 0.308. The lowest BCUT2D eigenvalue weighted by molar-refractivity contribution is -0.136. The maximum Gasteiger partial charge on any atom is 0.355 e. The number of ether oxygens (including phenoxy) is 1. The molecule has 1 aliphatic rings. The van der Waals surface area contributed by atoms with Crippen LogP contribution in [0.15, 0.2) is 35.3 Å². The van der Waals surface area contributed by atoms with Crippen molar-refractivity contribution in [2.45, 2.75) is 20.1 Å². The first-order chi connectivity index (χ1) is 8.09. The Kier molecular flexibility index (Phi) is 3.04. The molecule has 1 atom stereocenters. The average Bonchev–Trinajstić information content (AvgIpc) is 2.71. The molecule has 88 valence electrons. The highest BCUT2D eigenvalue weighted by Crippen LogP contribution is 2.16. The Morgan fingerprint density at radius 3 is 2.47 bits per heavy atom. The van der Waals surface area contributed by atoms with Crippen LogP contribution in [-0.2, 0) is 9.53 Å². The zero-order valence-corrected chi connectivity index (χ0v) is 9.71. The second kappa shape index (κ2) is 4.49. The van der Waals surface area contributed by atoms with E-state index in [-0.39, 0.29) is 11.7 Å². The highest BCUT2D eigenvalue weighted by molar-refractivity contribution is 6.39. The van der Waals surface area contributed by atoms with E-state index in [4.69, 9.17) is 4.74 Å². The van der Waals surface area contributed by atoms with Crippen molar-refractivity contribution in [3.05, 3.63) is 35.9 Å². The van der Waals surface area contributed by atoms with Crippen LogP contribution in [0.1, 0.15) is 24.2 Å². The summed E-state index contributed by atoms with van der Waals surface area (Å²) in [6, 6.07) is 8.70. The number of nitrogens with zero attached hydrogens (tertiary/aromatic N) is 1. The van der Waals surface area contributed by atoms with Crippen LogP contribution in [0.5, 0.6) is 0 Å². The Bertz CT molecular complexity index is 477. The summed E-state index contributed by atoms with van der Waals surface area (Å²) in [5.41, 5.74) is 0.832. The zero-order valence-electron chi connectivity index (χ0n) is 9.71. The molecule has 1 heterocycles. The maximum atomic E-state index is 12.0. The van der Waals surface area contributed by atoms with Crippen LogP contribution in [0.4, 0.5) is 0 Å².